The van der Waals surface area contributed by atoms with Crippen LogP contribution in [-0.4, -0.2) is 37.2 Å². The Bertz CT molecular complexity index is 1080. The summed E-state index contributed by atoms with van der Waals surface area (Å²) in [6.07, 6.45) is -0.0523. The molecule has 0 radical (unpaired) electrons. The maximum atomic E-state index is 12.8. The summed E-state index contributed by atoms with van der Waals surface area (Å²) in [5.74, 6) is 0.678. The van der Waals surface area contributed by atoms with Gasteiger partial charge in [0.25, 0.3) is 0 Å². The van der Waals surface area contributed by atoms with Crippen molar-refractivity contribution >= 4 is 23.2 Å². The van der Waals surface area contributed by atoms with Gasteiger partial charge < -0.3 is 19.5 Å². The monoisotopic (exact) mass is 468 g/mol. The summed E-state index contributed by atoms with van der Waals surface area (Å²) in [6, 6.07) is 14.5. The molecule has 2 aromatic carbocycles. The number of ether oxygens (including phenoxy) is 3. The van der Waals surface area contributed by atoms with Gasteiger partial charge in [-0.3, -0.25) is 9.59 Å². The summed E-state index contributed by atoms with van der Waals surface area (Å²) >= 11 is 1.45. The van der Waals surface area contributed by atoms with Crippen LogP contribution in [0, 0.1) is 0 Å². The van der Waals surface area contributed by atoms with E-state index in [2.05, 4.69) is 10.3 Å². The van der Waals surface area contributed by atoms with Crippen LogP contribution in [0.4, 0.5) is 0 Å². The van der Waals surface area contributed by atoms with Crippen molar-refractivity contribution in [2.24, 2.45) is 0 Å². The lowest BCUT2D eigenvalue weighted by atomic mass is 10.0. The quantitative estimate of drug-likeness (QED) is 0.439. The Kier molecular flexibility index (Phi) is 8.43. The van der Waals surface area contributed by atoms with Gasteiger partial charge in [-0.15, -0.1) is 11.3 Å². The van der Waals surface area contributed by atoms with Crippen molar-refractivity contribution < 1.29 is 23.8 Å². The van der Waals surface area contributed by atoms with E-state index in [1.807, 2.05) is 53.9 Å². The van der Waals surface area contributed by atoms with Gasteiger partial charge in [0.2, 0.25) is 5.91 Å². The van der Waals surface area contributed by atoms with Gasteiger partial charge in [0, 0.05) is 10.9 Å². The molecule has 0 aliphatic carbocycles. The van der Waals surface area contributed by atoms with Gasteiger partial charge in [-0.2, -0.15) is 0 Å². The number of hydrogen-bond donors (Lipinski definition) is 1. The van der Waals surface area contributed by atoms with E-state index in [0.29, 0.717) is 17.2 Å². The molecule has 3 aromatic rings. The molecule has 0 spiro atoms. The van der Waals surface area contributed by atoms with E-state index in [0.717, 1.165) is 16.1 Å². The van der Waals surface area contributed by atoms with Gasteiger partial charge in [0.05, 0.1) is 44.9 Å². The first-order valence-corrected chi connectivity index (χ1v) is 11.5. The van der Waals surface area contributed by atoms with Crippen LogP contribution in [0.3, 0.4) is 0 Å². The summed E-state index contributed by atoms with van der Waals surface area (Å²) in [6.45, 7) is 3.60. The molecule has 7 nitrogen and oxygen atoms in total. The molecule has 1 aromatic heterocycles. The highest BCUT2D eigenvalue weighted by atomic mass is 32.1. The summed E-state index contributed by atoms with van der Waals surface area (Å²) < 4.78 is 15.9. The number of benzene rings is 2. The zero-order chi connectivity index (χ0) is 23.8. The second-order valence-corrected chi connectivity index (χ2v) is 8.52. The molecule has 0 aliphatic heterocycles. The first kappa shape index (κ1) is 24.3. The molecule has 33 heavy (non-hydrogen) atoms. The molecule has 0 saturated carbocycles. The van der Waals surface area contributed by atoms with E-state index in [-0.39, 0.29) is 30.8 Å². The maximum Gasteiger partial charge on any atom is 0.308 e. The Balaban J connectivity index is 1.70. The van der Waals surface area contributed by atoms with Gasteiger partial charge in [0.15, 0.2) is 11.5 Å². The number of methoxy groups -OCH3 is 2. The van der Waals surface area contributed by atoms with Crippen molar-refractivity contribution in [1.29, 1.82) is 0 Å². The maximum absolute atomic E-state index is 12.8. The molecule has 1 amide bonds. The standard InChI is InChI=1S/C25H28N2O5S/c1-16(2)32-24(29)14-20(17-8-6-5-7-9-17)27-23(28)13-19-15-33-25(26-19)18-10-11-21(30-3)22(12-18)31-4/h5-12,15-16,20H,13-14H2,1-4H3,(H,27,28). The van der Waals surface area contributed by atoms with Crippen LogP contribution in [0.25, 0.3) is 10.6 Å². The molecule has 1 unspecified atom stereocenters. The van der Waals surface area contributed by atoms with Crippen LogP contribution in [0.5, 0.6) is 11.5 Å². The Morgan fingerprint density at radius 2 is 1.76 bits per heavy atom. The number of rotatable bonds is 10. The highest BCUT2D eigenvalue weighted by molar-refractivity contribution is 7.13. The predicted octanol–water partition coefficient (Wildman–Crippen LogP) is 4.57. The van der Waals surface area contributed by atoms with Crippen LogP contribution >= 0.6 is 11.3 Å². The lowest BCUT2D eigenvalue weighted by molar-refractivity contribution is -0.148. The van der Waals surface area contributed by atoms with Gasteiger partial charge in [0.1, 0.15) is 5.01 Å². The minimum atomic E-state index is -0.478. The molecule has 0 aliphatic rings. The molecule has 8 heteroatoms. The molecule has 1 atom stereocenters. The van der Waals surface area contributed by atoms with Gasteiger partial charge in [-0.1, -0.05) is 30.3 Å². The number of aromatic nitrogens is 1. The zero-order valence-corrected chi connectivity index (χ0v) is 20.0. The van der Waals surface area contributed by atoms with Crippen molar-refractivity contribution in [2.45, 2.75) is 38.8 Å². The molecular weight excluding hydrogens is 440 g/mol. The number of carbonyl (C=O) groups is 2. The van der Waals surface area contributed by atoms with E-state index in [9.17, 15) is 9.59 Å². The average molecular weight is 469 g/mol. The number of nitrogens with one attached hydrogen (secondary N) is 1. The third-order valence-electron chi connectivity index (χ3n) is 4.80. The zero-order valence-electron chi connectivity index (χ0n) is 19.2. The molecule has 1 N–H and O–H groups in total. The van der Waals surface area contributed by atoms with Crippen LogP contribution in [0.1, 0.15) is 37.6 Å². The average Bonchev–Trinajstić information content (AvgIpc) is 3.26. The van der Waals surface area contributed by atoms with Crippen LogP contribution in [0.2, 0.25) is 0 Å². The SMILES string of the molecule is COc1ccc(-c2nc(CC(=O)NC(CC(=O)OC(C)C)c3ccccc3)cs2)cc1OC. The minimum Gasteiger partial charge on any atom is -0.493 e. The number of amides is 1. The smallest absolute Gasteiger partial charge is 0.308 e. The Labute approximate surface area is 197 Å². The largest absolute Gasteiger partial charge is 0.493 e. The molecule has 0 bridgehead atoms. The lowest BCUT2D eigenvalue weighted by Crippen LogP contribution is -2.32. The van der Waals surface area contributed by atoms with Crippen molar-refractivity contribution in [3.63, 3.8) is 0 Å². The molecule has 3 rings (SSSR count). The van der Waals surface area contributed by atoms with Gasteiger partial charge in [-0.05, 0) is 37.6 Å². The van der Waals surface area contributed by atoms with E-state index in [1.54, 1.807) is 28.1 Å². The number of hydrogen-bond acceptors (Lipinski definition) is 7. The van der Waals surface area contributed by atoms with Gasteiger partial charge in [-0.25, -0.2) is 4.98 Å². The van der Waals surface area contributed by atoms with E-state index in [1.165, 1.54) is 11.3 Å². The lowest BCUT2D eigenvalue weighted by Gasteiger charge is -2.19. The normalized spacial score (nSPS) is 11.7. The van der Waals surface area contributed by atoms with Gasteiger partial charge >= 0.3 is 5.97 Å². The minimum absolute atomic E-state index is 0.0574. The first-order chi connectivity index (χ1) is 15.9. The third kappa shape index (κ3) is 6.79. The number of thiazole rings is 1. The van der Waals surface area contributed by atoms with Crippen LogP contribution in [-0.2, 0) is 20.7 Å². The predicted molar refractivity (Wildman–Crippen MR) is 128 cm³/mol. The fraction of sp³-hybridized carbons (Fsp3) is 0.320. The fourth-order valence-corrected chi connectivity index (χ4v) is 4.13. The van der Waals surface area contributed by atoms with Crippen molar-refractivity contribution in [3.05, 3.63) is 65.2 Å². The second-order valence-electron chi connectivity index (χ2n) is 7.66. The highest BCUT2D eigenvalue weighted by Gasteiger charge is 2.21. The van der Waals surface area contributed by atoms with Crippen molar-refractivity contribution in [3.8, 4) is 22.1 Å². The van der Waals surface area contributed by atoms with Crippen molar-refractivity contribution in [1.82, 2.24) is 10.3 Å². The summed E-state index contributed by atoms with van der Waals surface area (Å²) in [7, 11) is 3.17. The Morgan fingerprint density at radius 3 is 2.42 bits per heavy atom. The summed E-state index contributed by atoms with van der Waals surface area (Å²) in [5, 5.41) is 5.59. The van der Waals surface area contributed by atoms with E-state index < -0.39 is 6.04 Å². The molecule has 1 heterocycles. The Hall–Kier alpha value is -3.39. The van der Waals surface area contributed by atoms with Crippen molar-refractivity contribution in [2.75, 3.05) is 14.2 Å². The second kappa shape index (κ2) is 11.5. The first-order valence-electron chi connectivity index (χ1n) is 10.6. The fourth-order valence-electron chi connectivity index (χ4n) is 3.32. The number of esters is 1. The summed E-state index contributed by atoms with van der Waals surface area (Å²) in [5.41, 5.74) is 2.37. The van der Waals surface area contributed by atoms with Crippen LogP contribution in [0.15, 0.2) is 53.9 Å². The molecule has 0 saturated heterocycles. The summed E-state index contributed by atoms with van der Waals surface area (Å²) in [4.78, 5) is 29.6. The topological polar surface area (TPSA) is 86.8 Å². The van der Waals surface area contributed by atoms with Crippen LogP contribution < -0.4 is 14.8 Å². The Morgan fingerprint density at radius 1 is 1.03 bits per heavy atom. The molecule has 0 fully saturated rings. The number of nitrogens with zero attached hydrogens (tertiary/aromatic N) is 1. The van der Waals surface area contributed by atoms with E-state index in [4.69, 9.17) is 14.2 Å². The highest BCUT2D eigenvalue weighted by Crippen LogP contribution is 2.33. The third-order valence-corrected chi connectivity index (χ3v) is 5.74. The molecule has 174 valence electrons. The molecular formula is C25H28N2O5S. The number of carbonyl (C=O) groups excluding carboxylic acids is 2. The van der Waals surface area contributed by atoms with E-state index >= 15 is 0 Å².